The second-order valence-electron chi connectivity index (χ2n) is 3.31. The van der Waals surface area contributed by atoms with Crippen molar-refractivity contribution < 1.29 is 0 Å². The summed E-state index contributed by atoms with van der Waals surface area (Å²) in [7, 11) is 1.94. The van der Waals surface area contributed by atoms with Crippen molar-refractivity contribution in [2.75, 3.05) is 7.05 Å². The molecule has 0 spiro atoms. The van der Waals surface area contributed by atoms with Crippen LogP contribution in [0.4, 0.5) is 0 Å². The van der Waals surface area contributed by atoms with E-state index in [4.69, 9.17) is 0 Å². The maximum absolute atomic E-state index is 4.43. The third-order valence-corrected chi connectivity index (χ3v) is 2.96. The van der Waals surface area contributed by atoms with Gasteiger partial charge in [-0.15, -0.1) is 0 Å². The maximum Gasteiger partial charge on any atom is 0.125 e. The summed E-state index contributed by atoms with van der Waals surface area (Å²) in [6.07, 6.45) is 1.80. The fourth-order valence-electron chi connectivity index (χ4n) is 1.56. The van der Waals surface area contributed by atoms with E-state index >= 15 is 0 Å². The van der Waals surface area contributed by atoms with Crippen molar-refractivity contribution in [1.29, 1.82) is 0 Å². The van der Waals surface area contributed by atoms with E-state index in [1.165, 1.54) is 5.56 Å². The number of thiophene rings is 1. The van der Waals surface area contributed by atoms with E-state index in [0.717, 1.165) is 11.5 Å². The van der Waals surface area contributed by atoms with Crippen molar-refractivity contribution in [2.45, 2.75) is 13.0 Å². The number of aryl methyl sites for hydroxylation is 1. The first-order valence-corrected chi connectivity index (χ1v) is 5.74. The molecule has 0 amide bonds. The van der Waals surface area contributed by atoms with Crippen LogP contribution in [0, 0.1) is 6.92 Å². The molecule has 15 heavy (non-hydrogen) atoms. The fourth-order valence-corrected chi connectivity index (χ4v) is 2.25. The summed E-state index contributed by atoms with van der Waals surface area (Å²) in [6.45, 7) is 1.91. The maximum atomic E-state index is 4.43. The zero-order valence-corrected chi connectivity index (χ0v) is 9.58. The Morgan fingerprint density at radius 3 is 2.87 bits per heavy atom. The normalized spacial score (nSPS) is 12.7. The Labute approximate surface area is 93.2 Å². The van der Waals surface area contributed by atoms with Gasteiger partial charge in [-0.1, -0.05) is 0 Å². The Morgan fingerprint density at radius 2 is 2.27 bits per heavy atom. The van der Waals surface area contributed by atoms with Crippen LogP contribution in [-0.2, 0) is 0 Å². The molecule has 2 aromatic rings. The Hall–Kier alpha value is -1.26. The van der Waals surface area contributed by atoms with E-state index in [9.17, 15) is 0 Å². The van der Waals surface area contributed by atoms with Crippen LogP contribution >= 0.6 is 11.3 Å². The van der Waals surface area contributed by atoms with Crippen LogP contribution in [0.3, 0.4) is 0 Å². The topological polar surface area (TPSA) is 37.8 Å². The number of aromatic nitrogens is 2. The van der Waals surface area contributed by atoms with Gasteiger partial charge in [-0.05, 0) is 42.4 Å². The lowest BCUT2D eigenvalue weighted by Gasteiger charge is -2.14. The summed E-state index contributed by atoms with van der Waals surface area (Å²) in [5.41, 5.74) is 2.27. The van der Waals surface area contributed by atoms with E-state index in [1.54, 1.807) is 17.5 Å². The van der Waals surface area contributed by atoms with Crippen LogP contribution in [-0.4, -0.2) is 17.0 Å². The first-order chi connectivity index (χ1) is 7.31. The number of hydrogen-bond acceptors (Lipinski definition) is 4. The third-order valence-electron chi connectivity index (χ3n) is 2.26. The van der Waals surface area contributed by atoms with Crippen LogP contribution in [0.2, 0.25) is 0 Å². The van der Waals surface area contributed by atoms with Crippen molar-refractivity contribution in [2.24, 2.45) is 0 Å². The fraction of sp³-hybridized carbons (Fsp3) is 0.273. The minimum atomic E-state index is 0.165. The van der Waals surface area contributed by atoms with Crippen LogP contribution in [0.5, 0.6) is 0 Å². The largest absolute Gasteiger partial charge is 0.308 e. The minimum absolute atomic E-state index is 0.165. The van der Waals surface area contributed by atoms with Crippen molar-refractivity contribution in [3.05, 3.63) is 46.2 Å². The minimum Gasteiger partial charge on any atom is -0.308 e. The molecule has 0 aliphatic heterocycles. The van der Waals surface area contributed by atoms with E-state index in [2.05, 4.69) is 32.1 Å². The molecule has 1 N–H and O–H groups in total. The van der Waals surface area contributed by atoms with Gasteiger partial charge in [-0.3, -0.25) is 0 Å². The van der Waals surface area contributed by atoms with Crippen LogP contribution in [0.25, 0.3) is 0 Å². The van der Waals surface area contributed by atoms with Gasteiger partial charge >= 0.3 is 0 Å². The molecule has 0 fully saturated rings. The highest BCUT2D eigenvalue weighted by Gasteiger charge is 2.13. The number of nitrogens with zero attached hydrogens (tertiary/aromatic N) is 2. The quantitative estimate of drug-likeness (QED) is 0.859. The zero-order valence-electron chi connectivity index (χ0n) is 8.77. The molecular weight excluding hydrogens is 206 g/mol. The van der Waals surface area contributed by atoms with Gasteiger partial charge in [0.15, 0.2) is 0 Å². The lowest BCUT2D eigenvalue weighted by molar-refractivity contribution is 0.667. The van der Waals surface area contributed by atoms with E-state index in [0.29, 0.717) is 0 Å². The Kier molecular flexibility index (Phi) is 3.08. The molecule has 78 valence electrons. The van der Waals surface area contributed by atoms with Crippen LogP contribution in [0.15, 0.2) is 29.1 Å². The van der Waals surface area contributed by atoms with Gasteiger partial charge in [0.1, 0.15) is 5.82 Å². The average Bonchev–Trinajstić information content (AvgIpc) is 2.72. The van der Waals surface area contributed by atoms with Gasteiger partial charge in [-0.25, -0.2) is 9.97 Å². The molecule has 0 aliphatic rings. The summed E-state index contributed by atoms with van der Waals surface area (Å²) in [5, 5.41) is 7.48. The van der Waals surface area contributed by atoms with E-state index < -0.39 is 0 Å². The highest BCUT2D eigenvalue weighted by Crippen LogP contribution is 2.21. The number of nitrogens with one attached hydrogen (secondary N) is 1. The van der Waals surface area contributed by atoms with E-state index in [-0.39, 0.29) is 6.04 Å². The lowest BCUT2D eigenvalue weighted by Crippen LogP contribution is -2.18. The second kappa shape index (κ2) is 4.51. The standard InChI is InChI=1S/C11H13N3S/c1-8-13-5-3-10(14-8)11(12-2)9-4-6-15-7-9/h3-7,11-12H,1-2H3. The second-order valence-corrected chi connectivity index (χ2v) is 4.09. The zero-order chi connectivity index (χ0) is 10.7. The molecule has 2 rings (SSSR count). The highest BCUT2D eigenvalue weighted by atomic mass is 32.1. The average molecular weight is 219 g/mol. The van der Waals surface area contributed by atoms with Gasteiger partial charge in [0.25, 0.3) is 0 Å². The van der Waals surface area contributed by atoms with Crippen molar-refractivity contribution >= 4 is 11.3 Å². The molecule has 3 nitrogen and oxygen atoms in total. The van der Waals surface area contributed by atoms with Crippen LogP contribution in [0.1, 0.15) is 23.1 Å². The van der Waals surface area contributed by atoms with Crippen molar-refractivity contribution in [3.8, 4) is 0 Å². The van der Waals surface area contributed by atoms with Crippen molar-refractivity contribution in [1.82, 2.24) is 15.3 Å². The molecule has 1 unspecified atom stereocenters. The molecule has 4 heteroatoms. The molecule has 0 radical (unpaired) electrons. The third kappa shape index (κ3) is 2.22. The molecule has 1 atom stereocenters. The molecular formula is C11H13N3S. The number of rotatable bonds is 3. The summed E-state index contributed by atoms with van der Waals surface area (Å²) >= 11 is 1.70. The molecule has 0 saturated heterocycles. The monoisotopic (exact) mass is 219 g/mol. The Morgan fingerprint density at radius 1 is 1.40 bits per heavy atom. The van der Waals surface area contributed by atoms with Gasteiger partial charge < -0.3 is 5.32 Å². The van der Waals surface area contributed by atoms with Gasteiger partial charge in [0, 0.05) is 6.20 Å². The molecule has 0 aromatic carbocycles. The summed E-state index contributed by atoms with van der Waals surface area (Å²) in [5.74, 6) is 0.808. The van der Waals surface area contributed by atoms with Crippen molar-refractivity contribution in [3.63, 3.8) is 0 Å². The molecule has 0 aliphatic carbocycles. The number of hydrogen-bond donors (Lipinski definition) is 1. The lowest BCUT2D eigenvalue weighted by atomic mass is 10.1. The van der Waals surface area contributed by atoms with Gasteiger partial charge in [0.05, 0.1) is 11.7 Å². The Balaban J connectivity index is 2.35. The first-order valence-electron chi connectivity index (χ1n) is 4.80. The molecule has 2 heterocycles. The first kappa shape index (κ1) is 10.3. The van der Waals surface area contributed by atoms with Gasteiger partial charge in [0.2, 0.25) is 0 Å². The predicted molar refractivity (Wildman–Crippen MR) is 62.0 cm³/mol. The molecule has 0 bridgehead atoms. The van der Waals surface area contributed by atoms with E-state index in [1.807, 2.05) is 20.0 Å². The smallest absolute Gasteiger partial charge is 0.125 e. The molecule has 0 saturated carbocycles. The summed E-state index contributed by atoms with van der Waals surface area (Å²) < 4.78 is 0. The SMILES string of the molecule is CNC(c1ccsc1)c1ccnc(C)n1. The predicted octanol–water partition coefficient (Wildman–Crippen LogP) is 2.16. The molecule has 2 aromatic heterocycles. The summed E-state index contributed by atoms with van der Waals surface area (Å²) in [6, 6.07) is 4.23. The summed E-state index contributed by atoms with van der Waals surface area (Å²) in [4.78, 5) is 8.53. The van der Waals surface area contributed by atoms with Gasteiger partial charge in [-0.2, -0.15) is 11.3 Å². The highest BCUT2D eigenvalue weighted by molar-refractivity contribution is 7.08. The Bertz CT molecular complexity index is 425. The van der Waals surface area contributed by atoms with Crippen LogP contribution < -0.4 is 5.32 Å².